The van der Waals surface area contributed by atoms with Gasteiger partial charge in [-0.05, 0) is 42.0 Å². The first-order valence-corrected chi connectivity index (χ1v) is 11.1. The number of fused-ring (bicyclic) bond motifs is 5. The lowest BCUT2D eigenvalue weighted by Crippen LogP contribution is -2.62. The standard InChI is InChI=1S/C11H13BrCl2O5Si/c1-20(2,3)19-9(12)6-4-5(7(9)15)10(13)11(6,14)18-8(16)17-10/h5-6H,4H2,1-3H3/t5-,6+,9?,10+,11-/m1/s1. The molecule has 1 saturated heterocycles. The van der Waals surface area contributed by atoms with Gasteiger partial charge < -0.3 is 13.9 Å². The SMILES string of the molecule is C[Si](C)(C)OC1(Br)C(=O)[C@H]2C[C@@H]1[C@@]1(Cl)OC(=O)O[C@@]21Cl. The molecule has 9 heteroatoms. The van der Waals surface area contributed by atoms with Gasteiger partial charge in [-0.2, -0.15) is 0 Å². The van der Waals surface area contributed by atoms with E-state index >= 15 is 0 Å². The van der Waals surface area contributed by atoms with E-state index in [2.05, 4.69) is 15.9 Å². The largest absolute Gasteiger partial charge is 0.512 e. The van der Waals surface area contributed by atoms with Crippen molar-refractivity contribution in [1.29, 1.82) is 0 Å². The van der Waals surface area contributed by atoms with E-state index in [0.29, 0.717) is 6.42 Å². The number of carbonyl (C=O) groups excluding carboxylic acids is 2. The lowest BCUT2D eigenvalue weighted by Gasteiger charge is -2.44. The minimum Gasteiger partial charge on any atom is -0.405 e. The molecule has 20 heavy (non-hydrogen) atoms. The molecule has 3 rings (SSSR count). The Morgan fingerprint density at radius 2 is 1.80 bits per heavy atom. The number of ether oxygens (including phenoxy) is 2. The quantitative estimate of drug-likeness (QED) is 0.402. The molecule has 2 bridgehead atoms. The zero-order valence-electron chi connectivity index (χ0n) is 11.0. The van der Waals surface area contributed by atoms with E-state index in [9.17, 15) is 9.59 Å². The molecule has 3 fully saturated rings. The first kappa shape index (κ1) is 15.1. The van der Waals surface area contributed by atoms with Crippen LogP contribution >= 0.6 is 39.1 Å². The maximum absolute atomic E-state index is 12.6. The fraction of sp³-hybridized carbons (Fsp3) is 0.818. The van der Waals surface area contributed by atoms with Gasteiger partial charge in [0.1, 0.15) is 0 Å². The lowest BCUT2D eigenvalue weighted by molar-refractivity contribution is -0.141. The lowest BCUT2D eigenvalue weighted by atomic mass is 9.90. The van der Waals surface area contributed by atoms with Crippen LogP contribution in [0.15, 0.2) is 0 Å². The van der Waals surface area contributed by atoms with Crippen LogP contribution in [0.1, 0.15) is 6.42 Å². The van der Waals surface area contributed by atoms with Crippen molar-refractivity contribution in [1.82, 2.24) is 0 Å². The van der Waals surface area contributed by atoms with Crippen LogP contribution in [0.2, 0.25) is 19.6 Å². The van der Waals surface area contributed by atoms with E-state index in [1.54, 1.807) is 0 Å². The smallest absolute Gasteiger partial charge is 0.405 e. The third-order valence-electron chi connectivity index (χ3n) is 3.85. The number of carbonyl (C=O) groups is 2. The van der Waals surface area contributed by atoms with Crippen LogP contribution in [0.4, 0.5) is 4.79 Å². The fourth-order valence-corrected chi connectivity index (χ4v) is 7.61. The highest BCUT2D eigenvalue weighted by molar-refractivity contribution is 9.10. The summed E-state index contributed by atoms with van der Waals surface area (Å²) in [4.78, 5) is 24.0. The molecule has 5 atom stereocenters. The maximum atomic E-state index is 12.6. The number of halogens is 3. The van der Waals surface area contributed by atoms with Gasteiger partial charge in [0, 0.05) is 0 Å². The molecule has 5 nitrogen and oxygen atoms in total. The first-order chi connectivity index (χ1) is 8.94. The molecule has 1 heterocycles. The molecule has 3 aliphatic rings. The van der Waals surface area contributed by atoms with E-state index in [4.69, 9.17) is 37.1 Å². The van der Waals surface area contributed by atoms with Gasteiger partial charge in [-0.15, -0.1) is 0 Å². The summed E-state index contributed by atoms with van der Waals surface area (Å²) in [5, 5.41) is -3.24. The summed E-state index contributed by atoms with van der Waals surface area (Å²) >= 11 is 16.1. The van der Waals surface area contributed by atoms with E-state index in [-0.39, 0.29) is 5.78 Å². The summed E-state index contributed by atoms with van der Waals surface area (Å²) < 4.78 is 14.8. The van der Waals surface area contributed by atoms with Crippen LogP contribution in [0, 0.1) is 11.8 Å². The third-order valence-corrected chi connectivity index (χ3v) is 7.53. The Balaban J connectivity index is 2.05. The molecule has 0 N–H and O–H groups in total. The van der Waals surface area contributed by atoms with Gasteiger partial charge >= 0.3 is 6.16 Å². The van der Waals surface area contributed by atoms with Gasteiger partial charge in [0.25, 0.3) is 5.06 Å². The summed E-state index contributed by atoms with van der Waals surface area (Å²) in [6.07, 6.45) is -0.600. The zero-order chi connectivity index (χ0) is 15.1. The summed E-state index contributed by atoms with van der Waals surface area (Å²) in [5.74, 6) is -1.58. The van der Waals surface area contributed by atoms with Gasteiger partial charge in [0.15, 0.2) is 18.6 Å². The first-order valence-electron chi connectivity index (χ1n) is 6.17. The van der Waals surface area contributed by atoms with Crippen molar-refractivity contribution in [2.24, 2.45) is 11.8 Å². The highest BCUT2D eigenvalue weighted by atomic mass is 79.9. The van der Waals surface area contributed by atoms with Gasteiger partial charge in [-0.1, -0.05) is 23.2 Å². The summed E-state index contributed by atoms with van der Waals surface area (Å²) in [6, 6.07) is 0. The van der Waals surface area contributed by atoms with Crippen molar-refractivity contribution in [3.05, 3.63) is 0 Å². The van der Waals surface area contributed by atoms with Crippen molar-refractivity contribution in [2.45, 2.75) is 40.7 Å². The number of hydrogen-bond acceptors (Lipinski definition) is 5. The molecule has 2 aliphatic carbocycles. The topological polar surface area (TPSA) is 61.8 Å². The molecule has 0 aromatic heterocycles. The predicted octanol–water partition coefficient (Wildman–Crippen LogP) is 3.18. The third kappa shape index (κ3) is 1.64. The summed E-state index contributed by atoms with van der Waals surface area (Å²) in [5.41, 5.74) is 0. The predicted molar refractivity (Wildman–Crippen MR) is 77.4 cm³/mol. The molecular weight excluding hydrogens is 391 g/mol. The molecule has 1 aliphatic heterocycles. The van der Waals surface area contributed by atoms with Crippen molar-refractivity contribution >= 4 is 59.4 Å². The van der Waals surface area contributed by atoms with E-state index in [1.165, 1.54) is 0 Å². The van der Waals surface area contributed by atoms with Crippen LogP contribution in [-0.4, -0.2) is 34.9 Å². The van der Waals surface area contributed by atoms with Crippen LogP contribution < -0.4 is 0 Å². The van der Waals surface area contributed by atoms with Gasteiger partial charge in [0.05, 0.1) is 11.8 Å². The Hall–Kier alpha value is 0.177. The average molecular weight is 404 g/mol. The Bertz CT molecular complexity index is 525. The number of Topliss-reactive ketones (excluding diaryl/α,β-unsaturated/α-hetero) is 1. The number of ketones is 1. The van der Waals surface area contributed by atoms with Crippen molar-refractivity contribution in [3.63, 3.8) is 0 Å². The molecule has 0 spiro atoms. The zero-order valence-corrected chi connectivity index (χ0v) is 15.1. The van der Waals surface area contributed by atoms with Crippen LogP contribution in [0.25, 0.3) is 0 Å². The van der Waals surface area contributed by atoms with Crippen LogP contribution in [0.5, 0.6) is 0 Å². The highest BCUT2D eigenvalue weighted by Gasteiger charge is 2.85. The second-order valence-corrected chi connectivity index (χ2v) is 13.0. The summed E-state index contributed by atoms with van der Waals surface area (Å²) in [6.45, 7) is 5.88. The van der Waals surface area contributed by atoms with Crippen LogP contribution in [-0.2, 0) is 18.7 Å². The second kappa shape index (κ2) is 3.93. The van der Waals surface area contributed by atoms with Crippen molar-refractivity contribution < 1.29 is 23.5 Å². The molecule has 0 aromatic rings. The van der Waals surface area contributed by atoms with Gasteiger partial charge in [-0.3, -0.25) is 4.79 Å². The molecule has 0 radical (unpaired) electrons. The van der Waals surface area contributed by atoms with Crippen molar-refractivity contribution in [2.75, 3.05) is 0 Å². The molecule has 1 unspecified atom stereocenters. The molecule has 2 saturated carbocycles. The van der Waals surface area contributed by atoms with Crippen LogP contribution in [0.3, 0.4) is 0 Å². The fourth-order valence-electron chi connectivity index (χ4n) is 3.20. The van der Waals surface area contributed by atoms with E-state index in [0.717, 1.165) is 0 Å². The average Bonchev–Trinajstić information content (AvgIpc) is 2.68. The van der Waals surface area contributed by atoms with E-state index in [1.807, 2.05) is 19.6 Å². The van der Waals surface area contributed by atoms with E-state index < -0.39 is 40.9 Å². The number of rotatable bonds is 2. The van der Waals surface area contributed by atoms with Gasteiger partial charge in [-0.25, -0.2) is 4.79 Å². The molecular formula is C11H13BrCl2O5Si. The molecule has 112 valence electrons. The maximum Gasteiger partial charge on any atom is 0.512 e. The number of alkyl halides is 3. The Morgan fingerprint density at radius 1 is 1.25 bits per heavy atom. The Kier molecular flexibility index (Phi) is 2.96. The van der Waals surface area contributed by atoms with Crippen molar-refractivity contribution in [3.8, 4) is 0 Å². The van der Waals surface area contributed by atoms with Gasteiger partial charge in [0.2, 0.25) is 5.06 Å². The monoisotopic (exact) mass is 402 g/mol. The minimum absolute atomic E-state index is 0.241. The molecule has 0 amide bonds. The molecule has 0 aromatic carbocycles. The minimum atomic E-state index is -2.04. The Labute approximate surface area is 135 Å². The normalized spacial score (nSPS) is 50.1. The summed E-state index contributed by atoms with van der Waals surface area (Å²) in [7, 11) is -2.04. The Morgan fingerprint density at radius 3 is 2.35 bits per heavy atom. The second-order valence-electron chi connectivity index (χ2n) is 6.31. The number of hydrogen-bond donors (Lipinski definition) is 0. The highest BCUT2D eigenvalue weighted by Crippen LogP contribution is 2.70.